The summed E-state index contributed by atoms with van der Waals surface area (Å²) in [6.45, 7) is 0.637. The standard InChI is InChI=1S/C13H20N2O3/c1-18-13(17)11-4-2-3-7-15(11)12(16)9-5-6-10(14)8-9/h5-6,9-11H,2-4,7-8,14H2,1H3. The van der Waals surface area contributed by atoms with Crippen molar-refractivity contribution in [2.45, 2.75) is 37.8 Å². The summed E-state index contributed by atoms with van der Waals surface area (Å²) >= 11 is 0. The van der Waals surface area contributed by atoms with Crippen LogP contribution in [0.2, 0.25) is 0 Å². The first-order valence-electron chi connectivity index (χ1n) is 6.45. The first-order chi connectivity index (χ1) is 8.63. The first-order valence-corrected chi connectivity index (χ1v) is 6.45. The Morgan fingerprint density at radius 2 is 2.11 bits per heavy atom. The van der Waals surface area contributed by atoms with E-state index >= 15 is 0 Å². The van der Waals surface area contributed by atoms with E-state index in [-0.39, 0.29) is 23.8 Å². The number of piperidine rings is 1. The molecule has 1 amide bonds. The second-order valence-corrected chi connectivity index (χ2v) is 4.96. The Kier molecular flexibility index (Phi) is 4.01. The molecule has 1 fully saturated rings. The van der Waals surface area contributed by atoms with Crippen molar-refractivity contribution < 1.29 is 14.3 Å². The van der Waals surface area contributed by atoms with Crippen LogP contribution in [0.25, 0.3) is 0 Å². The minimum absolute atomic E-state index is 0.00861. The van der Waals surface area contributed by atoms with Crippen molar-refractivity contribution in [3.05, 3.63) is 12.2 Å². The summed E-state index contributed by atoms with van der Waals surface area (Å²) in [5, 5.41) is 0. The molecule has 18 heavy (non-hydrogen) atoms. The average Bonchev–Trinajstić information content (AvgIpc) is 2.83. The molecular weight excluding hydrogens is 232 g/mol. The molecule has 5 heteroatoms. The lowest BCUT2D eigenvalue weighted by Crippen LogP contribution is -2.50. The van der Waals surface area contributed by atoms with Crippen LogP contribution < -0.4 is 5.73 Å². The van der Waals surface area contributed by atoms with Crippen LogP contribution in [0.3, 0.4) is 0 Å². The molecule has 0 saturated carbocycles. The third-order valence-corrected chi connectivity index (χ3v) is 3.69. The summed E-state index contributed by atoms with van der Waals surface area (Å²) in [5.41, 5.74) is 5.76. The number of rotatable bonds is 2. The Balaban J connectivity index is 2.06. The number of ether oxygens (including phenoxy) is 1. The summed E-state index contributed by atoms with van der Waals surface area (Å²) in [4.78, 5) is 25.8. The van der Waals surface area contributed by atoms with E-state index in [0.29, 0.717) is 19.4 Å². The third kappa shape index (κ3) is 2.56. The predicted molar refractivity (Wildman–Crippen MR) is 66.6 cm³/mol. The maximum Gasteiger partial charge on any atom is 0.328 e. The number of nitrogens with two attached hydrogens (primary N) is 1. The monoisotopic (exact) mass is 252 g/mol. The minimum atomic E-state index is -0.415. The van der Waals surface area contributed by atoms with Gasteiger partial charge in [-0.1, -0.05) is 12.2 Å². The number of amides is 1. The lowest BCUT2D eigenvalue weighted by Gasteiger charge is -2.35. The molecule has 0 bridgehead atoms. The highest BCUT2D eigenvalue weighted by atomic mass is 16.5. The van der Waals surface area contributed by atoms with Crippen molar-refractivity contribution in [3.63, 3.8) is 0 Å². The van der Waals surface area contributed by atoms with E-state index < -0.39 is 6.04 Å². The number of likely N-dealkylation sites (tertiary alicyclic amines) is 1. The van der Waals surface area contributed by atoms with Crippen LogP contribution in [0.5, 0.6) is 0 Å². The number of carbonyl (C=O) groups excluding carboxylic acids is 2. The third-order valence-electron chi connectivity index (χ3n) is 3.69. The molecule has 100 valence electrons. The van der Waals surface area contributed by atoms with Gasteiger partial charge in [0.2, 0.25) is 5.91 Å². The lowest BCUT2D eigenvalue weighted by molar-refractivity contribution is -0.155. The second-order valence-electron chi connectivity index (χ2n) is 4.96. The van der Waals surface area contributed by atoms with E-state index in [1.54, 1.807) is 4.90 Å². The summed E-state index contributed by atoms with van der Waals surface area (Å²) in [6, 6.07) is -0.457. The van der Waals surface area contributed by atoms with Gasteiger partial charge in [-0.15, -0.1) is 0 Å². The van der Waals surface area contributed by atoms with Gasteiger partial charge in [-0.25, -0.2) is 4.79 Å². The molecule has 5 nitrogen and oxygen atoms in total. The molecule has 0 aromatic rings. The van der Waals surface area contributed by atoms with Crippen LogP contribution in [0, 0.1) is 5.92 Å². The van der Waals surface area contributed by atoms with Crippen molar-refractivity contribution in [3.8, 4) is 0 Å². The summed E-state index contributed by atoms with van der Waals surface area (Å²) < 4.78 is 4.78. The van der Waals surface area contributed by atoms with Crippen LogP contribution in [0.1, 0.15) is 25.7 Å². The summed E-state index contributed by atoms with van der Waals surface area (Å²) in [6.07, 6.45) is 6.96. The molecule has 1 aliphatic heterocycles. The zero-order chi connectivity index (χ0) is 13.1. The highest BCUT2D eigenvalue weighted by Gasteiger charge is 2.36. The fourth-order valence-corrected chi connectivity index (χ4v) is 2.70. The van der Waals surface area contributed by atoms with Crippen molar-refractivity contribution in [1.82, 2.24) is 4.90 Å². The van der Waals surface area contributed by atoms with Crippen molar-refractivity contribution in [1.29, 1.82) is 0 Å². The van der Waals surface area contributed by atoms with Crippen LogP contribution in [-0.2, 0) is 14.3 Å². The van der Waals surface area contributed by atoms with Gasteiger partial charge in [0.05, 0.1) is 13.0 Å². The van der Waals surface area contributed by atoms with E-state index in [1.807, 2.05) is 12.2 Å². The van der Waals surface area contributed by atoms with E-state index in [0.717, 1.165) is 12.8 Å². The van der Waals surface area contributed by atoms with Crippen molar-refractivity contribution in [2.24, 2.45) is 11.7 Å². The van der Waals surface area contributed by atoms with Gasteiger partial charge in [0.1, 0.15) is 6.04 Å². The lowest BCUT2D eigenvalue weighted by atomic mass is 9.98. The Hall–Kier alpha value is -1.36. The number of methoxy groups -OCH3 is 1. The van der Waals surface area contributed by atoms with Crippen LogP contribution in [-0.4, -0.2) is 42.5 Å². The molecule has 1 heterocycles. The molecule has 2 aliphatic rings. The zero-order valence-corrected chi connectivity index (χ0v) is 10.7. The molecule has 3 atom stereocenters. The number of nitrogens with zero attached hydrogens (tertiary/aromatic N) is 1. The van der Waals surface area contributed by atoms with Gasteiger partial charge in [0.25, 0.3) is 0 Å². The van der Waals surface area contributed by atoms with Gasteiger partial charge in [0.15, 0.2) is 0 Å². The number of esters is 1. The van der Waals surface area contributed by atoms with Crippen LogP contribution in [0.15, 0.2) is 12.2 Å². The zero-order valence-electron chi connectivity index (χ0n) is 10.7. The average molecular weight is 252 g/mol. The molecule has 1 aliphatic carbocycles. The maximum absolute atomic E-state index is 12.4. The highest BCUT2D eigenvalue weighted by Crippen LogP contribution is 2.25. The van der Waals surface area contributed by atoms with Gasteiger partial charge >= 0.3 is 5.97 Å². The summed E-state index contributed by atoms with van der Waals surface area (Å²) in [7, 11) is 1.37. The SMILES string of the molecule is COC(=O)C1CCCCN1C(=O)C1C=CC(N)C1. The van der Waals surface area contributed by atoms with Gasteiger partial charge in [-0.2, -0.15) is 0 Å². The molecule has 2 rings (SSSR count). The second kappa shape index (κ2) is 5.52. The Morgan fingerprint density at radius 3 is 2.72 bits per heavy atom. The van der Waals surface area contributed by atoms with E-state index in [2.05, 4.69) is 0 Å². The van der Waals surface area contributed by atoms with Crippen LogP contribution in [0.4, 0.5) is 0 Å². The maximum atomic E-state index is 12.4. The molecule has 0 radical (unpaired) electrons. The predicted octanol–water partition coefficient (Wildman–Crippen LogP) is 0.444. The molecule has 0 aromatic heterocycles. The van der Waals surface area contributed by atoms with E-state index in [9.17, 15) is 9.59 Å². The van der Waals surface area contributed by atoms with E-state index in [4.69, 9.17) is 10.5 Å². The molecule has 0 aromatic carbocycles. The molecule has 0 spiro atoms. The van der Waals surface area contributed by atoms with Crippen molar-refractivity contribution in [2.75, 3.05) is 13.7 Å². The molecular formula is C13H20N2O3. The normalized spacial score (nSPS) is 31.4. The van der Waals surface area contributed by atoms with E-state index in [1.165, 1.54) is 7.11 Å². The smallest absolute Gasteiger partial charge is 0.328 e. The first kappa shape index (κ1) is 13.1. The number of hydrogen-bond donors (Lipinski definition) is 1. The topological polar surface area (TPSA) is 72.6 Å². The Bertz CT molecular complexity index is 367. The van der Waals surface area contributed by atoms with Crippen molar-refractivity contribution >= 4 is 11.9 Å². The quantitative estimate of drug-likeness (QED) is 0.572. The Labute approximate surface area is 107 Å². The minimum Gasteiger partial charge on any atom is -0.467 e. The van der Waals surface area contributed by atoms with Gasteiger partial charge < -0.3 is 15.4 Å². The van der Waals surface area contributed by atoms with Crippen LogP contribution >= 0.6 is 0 Å². The largest absolute Gasteiger partial charge is 0.467 e. The molecule has 3 unspecified atom stereocenters. The highest BCUT2D eigenvalue weighted by molar-refractivity contribution is 5.87. The number of carbonyl (C=O) groups is 2. The van der Waals surface area contributed by atoms with Gasteiger partial charge in [-0.05, 0) is 25.7 Å². The fourth-order valence-electron chi connectivity index (χ4n) is 2.70. The van der Waals surface area contributed by atoms with Gasteiger partial charge in [-0.3, -0.25) is 4.79 Å². The Morgan fingerprint density at radius 1 is 1.33 bits per heavy atom. The number of hydrogen-bond acceptors (Lipinski definition) is 4. The fraction of sp³-hybridized carbons (Fsp3) is 0.692. The van der Waals surface area contributed by atoms with Gasteiger partial charge in [0, 0.05) is 12.6 Å². The molecule has 1 saturated heterocycles. The summed E-state index contributed by atoms with van der Waals surface area (Å²) in [5.74, 6) is -0.478. The molecule has 2 N–H and O–H groups in total.